The van der Waals surface area contributed by atoms with Gasteiger partial charge in [0.15, 0.2) is 0 Å². The van der Waals surface area contributed by atoms with Crippen LogP contribution in [-0.4, -0.2) is 36.3 Å². The first-order valence-corrected chi connectivity index (χ1v) is 10.2. The summed E-state index contributed by atoms with van der Waals surface area (Å²) in [6.07, 6.45) is -1.25. The summed E-state index contributed by atoms with van der Waals surface area (Å²) in [4.78, 5) is 37.0. The molecule has 0 radical (unpaired) electrons. The maximum absolute atomic E-state index is 14.7. The number of carbonyl (C=O) groups is 3. The number of ether oxygens (including phenoxy) is 1. The summed E-state index contributed by atoms with van der Waals surface area (Å²) in [5.74, 6) is -7.73. The minimum absolute atomic E-state index is 0.0371. The number of amides is 2. The summed E-state index contributed by atoms with van der Waals surface area (Å²) in [5.41, 5.74) is 0.790. The number of Topliss-reactive ketones (excluding diaryl/α,β-unsaturated/α-hetero) is 1. The Labute approximate surface area is 186 Å². The second-order valence-corrected chi connectivity index (χ2v) is 8.63. The number of nitrogens with one attached hydrogen (secondary N) is 2. The first-order chi connectivity index (χ1) is 15.0. The number of hydrogen-bond acceptors (Lipinski definition) is 4. The van der Waals surface area contributed by atoms with Crippen LogP contribution in [0, 0.1) is 5.41 Å². The predicted molar refractivity (Wildman–Crippen MR) is 116 cm³/mol. The molecule has 0 fully saturated rings. The highest BCUT2D eigenvalue weighted by Crippen LogP contribution is 2.21. The average Bonchev–Trinajstić information content (AvgIpc) is 2.76. The van der Waals surface area contributed by atoms with Crippen LogP contribution in [0.1, 0.15) is 31.9 Å². The first kappa shape index (κ1) is 25.0. The third-order valence-corrected chi connectivity index (χ3v) is 4.48. The van der Waals surface area contributed by atoms with Crippen LogP contribution in [0.15, 0.2) is 60.7 Å². The number of ketones is 1. The Balaban J connectivity index is 2.13. The van der Waals surface area contributed by atoms with Gasteiger partial charge in [0.25, 0.3) is 5.91 Å². The largest absolute Gasteiger partial charge is 0.445 e. The van der Waals surface area contributed by atoms with Crippen molar-refractivity contribution < 1.29 is 27.9 Å². The normalized spacial score (nSPS) is 12.5. The highest BCUT2D eigenvalue weighted by molar-refractivity contribution is 6.10. The maximum Gasteiger partial charge on any atom is 0.408 e. The van der Waals surface area contributed by atoms with Gasteiger partial charge < -0.3 is 15.4 Å². The summed E-state index contributed by atoms with van der Waals surface area (Å²) in [7, 11) is 0. The zero-order chi connectivity index (χ0) is 23.8. The standard InChI is InChI=1S/C24H28F2N2O4/c1-23(2,3)16-27-21(30)24(25,26)20(29)19(14-17-10-6-4-7-11-17)28-22(31)32-15-18-12-8-5-9-13-18/h4-13,19H,14-16H2,1-3H3,(H,27,30)(H,28,31). The maximum atomic E-state index is 14.7. The molecule has 8 heteroatoms. The fourth-order valence-electron chi connectivity index (χ4n) is 2.75. The van der Waals surface area contributed by atoms with Gasteiger partial charge in [0.05, 0.1) is 0 Å². The van der Waals surface area contributed by atoms with Crippen LogP contribution in [-0.2, 0) is 27.4 Å². The van der Waals surface area contributed by atoms with E-state index in [2.05, 4.69) is 10.6 Å². The number of alkyl carbamates (subject to hydrolysis) is 1. The number of benzene rings is 2. The van der Waals surface area contributed by atoms with E-state index in [1.54, 1.807) is 81.4 Å². The monoisotopic (exact) mass is 446 g/mol. The van der Waals surface area contributed by atoms with Gasteiger partial charge in [-0.2, -0.15) is 8.78 Å². The Bertz CT molecular complexity index is 913. The van der Waals surface area contributed by atoms with Crippen LogP contribution in [0.2, 0.25) is 0 Å². The Morgan fingerprint density at radius 1 is 0.906 bits per heavy atom. The van der Waals surface area contributed by atoms with Crippen molar-refractivity contribution in [2.75, 3.05) is 6.54 Å². The molecule has 32 heavy (non-hydrogen) atoms. The van der Waals surface area contributed by atoms with E-state index < -0.39 is 35.2 Å². The molecule has 2 N–H and O–H groups in total. The minimum atomic E-state index is -4.32. The van der Waals surface area contributed by atoms with Crippen molar-refractivity contribution in [2.24, 2.45) is 5.41 Å². The molecule has 6 nitrogen and oxygen atoms in total. The lowest BCUT2D eigenvalue weighted by atomic mass is 9.95. The molecule has 1 atom stereocenters. The molecule has 0 spiro atoms. The number of carbonyl (C=O) groups excluding carboxylic acids is 3. The van der Waals surface area contributed by atoms with Crippen molar-refractivity contribution in [1.29, 1.82) is 0 Å². The Morgan fingerprint density at radius 2 is 1.44 bits per heavy atom. The molecule has 0 aliphatic carbocycles. The fraction of sp³-hybridized carbons (Fsp3) is 0.375. The van der Waals surface area contributed by atoms with Crippen molar-refractivity contribution in [3.8, 4) is 0 Å². The number of hydrogen-bond donors (Lipinski definition) is 2. The highest BCUT2D eigenvalue weighted by atomic mass is 19.3. The third-order valence-electron chi connectivity index (χ3n) is 4.48. The van der Waals surface area contributed by atoms with Crippen LogP contribution < -0.4 is 10.6 Å². The summed E-state index contributed by atoms with van der Waals surface area (Å²) < 4.78 is 34.4. The van der Waals surface area contributed by atoms with Crippen LogP contribution >= 0.6 is 0 Å². The molecule has 0 heterocycles. The molecule has 172 valence electrons. The average molecular weight is 446 g/mol. The molecule has 0 bridgehead atoms. The van der Waals surface area contributed by atoms with E-state index in [0.29, 0.717) is 11.1 Å². The molecule has 2 amide bonds. The SMILES string of the molecule is CC(C)(C)CNC(=O)C(F)(F)C(=O)C(Cc1ccccc1)NC(=O)OCc1ccccc1. The summed E-state index contributed by atoms with van der Waals surface area (Å²) >= 11 is 0. The number of alkyl halides is 2. The number of rotatable bonds is 9. The van der Waals surface area contributed by atoms with Crippen LogP contribution in [0.25, 0.3) is 0 Å². The van der Waals surface area contributed by atoms with E-state index in [-0.39, 0.29) is 19.6 Å². The zero-order valence-electron chi connectivity index (χ0n) is 18.4. The van der Waals surface area contributed by atoms with Crippen LogP contribution in [0.4, 0.5) is 13.6 Å². The van der Waals surface area contributed by atoms with Gasteiger partial charge in [0, 0.05) is 13.0 Å². The topological polar surface area (TPSA) is 84.5 Å². The zero-order valence-corrected chi connectivity index (χ0v) is 18.4. The molecular formula is C24H28F2N2O4. The Morgan fingerprint density at radius 3 is 1.97 bits per heavy atom. The summed E-state index contributed by atoms with van der Waals surface area (Å²) in [6, 6.07) is 15.5. The van der Waals surface area contributed by atoms with E-state index in [4.69, 9.17) is 4.74 Å². The van der Waals surface area contributed by atoms with E-state index in [0.717, 1.165) is 0 Å². The molecule has 2 rings (SSSR count). The second-order valence-electron chi connectivity index (χ2n) is 8.63. The lowest BCUT2D eigenvalue weighted by Gasteiger charge is -2.24. The smallest absolute Gasteiger partial charge is 0.408 e. The quantitative estimate of drug-likeness (QED) is 0.573. The summed E-state index contributed by atoms with van der Waals surface area (Å²) in [6.45, 7) is 5.15. The van der Waals surface area contributed by atoms with Crippen molar-refractivity contribution in [3.63, 3.8) is 0 Å². The predicted octanol–water partition coefficient (Wildman–Crippen LogP) is 3.89. The van der Waals surface area contributed by atoms with E-state index in [1.165, 1.54) is 0 Å². The van der Waals surface area contributed by atoms with Gasteiger partial charge >= 0.3 is 12.0 Å². The minimum Gasteiger partial charge on any atom is -0.445 e. The molecule has 1 unspecified atom stereocenters. The Kier molecular flexibility index (Phi) is 8.46. The lowest BCUT2D eigenvalue weighted by Crippen LogP contribution is -2.56. The van der Waals surface area contributed by atoms with Crippen molar-refractivity contribution in [1.82, 2.24) is 10.6 Å². The molecule has 0 saturated carbocycles. The number of halogens is 2. The molecular weight excluding hydrogens is 418 g/mol. The van der Waals surface area contributed by atoms with Gasteiger partial charge in [0.2, 0.25) is 5.78 Å². The van der Waals surface area contributed by atoms with Gasteiger partial charge in [-0.15, -0.1) is 0 Å². The van der Waals surface area contributed by atoms with Gasteiger partial charge in [-0.05, 0) is 16.5 Å². The lowest BCUT2D eigenvalue weighted by molar-refractivity contribution is -0.159. The van der Waals surface area contributed by atoms with E-state index in [9.17, 15) is 23.2 Å². The van der Waals surface area contributed by atoms with Crippen molar-refractivity contribution >= 4 is 17.8 Å². The molecule has 0 aliphatic rings. The molecule has 0 aromatic heterocycles. The van der Waals surface area contributed by atoms with Crippen LogP contribution in [0.5, 0.6) is 0 Å². The van der Waals surface area contributed by atoms with E-state index >= 15 is 0 Å². The molecule has 0 saturated heterocycles. The van der Waals surface area contributed by atoms with E-state index in [1.807, 2.05) is 0 Å². The Hall–Kier alpha value is -3.29. The van der Waals surface area contributed by atoms with Crippen molar-refractivity contribution in [2.45, 2.75) is 45.8 Å². The summed E-state index contributed by atoms with van der Waals surface area (Å²) in [5, 5.41) is 4.31. The third kappa shape index (κ3) is 7.76. The molecule has 2 aromatic carbocycles. The van der Waals surface area contributed by atoms with Gasteiger partial charge in [-0.3, -0.25) is 9.59 Å². The van der Waals surface area contributed by atoms with Crippen molar-refractivity contribution in [3.05, 3.63) is 71.8 Å². The highest BCUT2D eigenvalue weighted by Gasteiger charge is 2.50. The first-order valence-electron chi connectivity index (χ1n) is 10.2. The molecule has 2 aromatic rings. The van der Waals surface area contributed by atoms with Gasteiger partial charge in [-0.1, -0.05) is 81.4 Å². The van der Waals surface area contributed by atoms with Gasteiger partial charge in [-0.25, -0.2) is 4.79 Å². The fourth-order valence-corrected chi connectivity index (χ4v) is 2.75. The van der Waals surface area contributed by atoms with Gasteiger partial charge in [0.1, 0.15) is 12.6 Å². The molecule has 0 aliphatic heterocycles. The second kappa shape index (κ2) is 10.8. The van der Waals surface area contributed by atoms with Crippen LogP contribution in [0.3, 0.4) is 0 Å².